The highest BCUT2D eigenvalue weighted by Gasteiger charge is 2.20. The van der Waals surface area contributed by atoms with E-state index < -0.39 is 5.91 Å². The summed E-state index contributed by atoms with van der Waals surface area (Å²) in [6, 6.07) is 8.86. The fourth-order valence-electron chi connectivity index (χ4n) is 3.70. The van der Waals surface area contributed by atoms with E-state index in [0.29, 0.717) is 24.6 Å². The SMILES string of the molecule is COC1CCCN(Cc2ccc(C(=O)NCc3ccc4c(c3)OCO4)c(=O)[nH]2)C1. The predicted molar refractivity (Wildman–Crippen MR) is 106 cm³/mol. The summed E-state index contributed by atoms with van der Waals surface area (Å²) in [6.45, 7) is 2.95. The summed E-state index contributed by atoms with van der Waals surface area (Å²) in [7, 11) is 1.73. The van der Waals surface area contributed by atoms with E-state index in [2.05, 4.69) is 15.2 Å². The molecule has 1 atom stereocenters. The number of nitrogens with one attached hydrogen (secondary N) is 2. The average molecular weight is 399 g/mol. The second-order valence-electron chi connectivity index (χ2n) is 7.33. The zero-order valence-electron chi connectivity index (χ0n) is 16.4. The number of benzene rings is 1. The van der Waals surface area contributed by atoms with Gasteiger partial charge in [0.1, 0.15) is 5.56 Å². The average Bonchev–Trinajstić information content (AvgIpc) is 3.20. The molecule has 1 fully saturated rings. The van der Waals surface area contributed by atoms with Crippen molar-refractivity contribution in [2.45, 2.75) is 32.0 Å². The Morgan fingerprint density at radius 1 is 1.28 bits per heavy atom. The molecule has 154 valence electrons. The van der Waals surface area contributed by atoms with Crippen LogP contribution in [0.3, 0.4) is 0 Å². The molecule has 0 radical (unpaired) electrons. The van der Waals surface area contributed by atoms with Crippen molar-refractivity contribution in [3.05, 3.63) is 57.5 Å². The molecule has 3 heterocycles. The van der Waals surface area contributed by atoms with Gasteiger partial charge in [-0.3, -0.25) is 14.5 Å². The van der Waals surface area contributed by atoms with E-state index in [1.165, 1.54) is 0 Å². The first-order chi connectivity index (χ1) is 14.1. The molecule has 8 heteroatoms. The van der Waals surface area contributed by atoms with Crippen LogP contribution in [0.25, 0.3) is 0 Å². The number of methoxy groups -OCH3 is 1. The van der Waals surface area contributed by atoms with Crippen LogP contribution in [0.1, 0.15) is 34.5 Å². The number of likely N-dealkylation sites (tertiary alicyclic amines) is 1. The molecular weight excluding hydrogens is 374 g/mol. The number of hydrogen-bond donors (Lipinski definition) is 2. The summed E-state index contributed by atoms with van der Waals surface area (Å²) in [5.74, 6) is 0.942. The Balaban J connectivity index is 1.36. The molecule has 2 aliphatic rings. The molecule has 1 aromatic carbocycles. The van der Waals surface area contributed by atoms with Crippen LogP contribution >= 0.6 is 0 Å². The summed E-state index contributed by atoms with van der Waals surface area (Å²) >= 11 is 0. The monoisotopic (exact) mass is 399 g/mol. The van der Waals surface area contributed by atoms with Crippen molar-refractivity contribution in [2.24, 2.45) is 0 Å². The Kier molecular flexibility index (Phi) is 5.82. The number of fused-ring (bicyclic) bond motifs is 1. The Morgan fingerprint density at radius 2 is 2.14 bits per heavy atom. The molecule has 2 aromatic rings. The highest BCUT2D eigenvalue weighted by molar-refractivity contribution is 5.93. The molecule has 0 saturated carbocycles. The first kappa shape index (κ1) is 19.5. The van der Waals surface area contributed by atoms with E-state index in [4.69, 9.17) is 14.2 Å². The van der Waals surface area contributed by atoms with Crippen LogP contribution in [0.2, 0.25) is 0 Å². The molecule has 0 aliphatic carbocycles. The Hall–Kier alpha value is -2.84. The lowest BCUT2D eigenvalue weighted by Gasteiger charge is -2.31. The van der Waals surface area contributed by atoms with E-state index in [-0.39, 0.29) is 24.0 Å². The maximum absolute atomic E-state index is 12.4. The van der Waals surface area contributed by atoms with Gasteiger partial charge in [0, 0.05) is 32.4 Å². The molecule has 4 rings (SSSR count). The number of aromatic amines is 1. The third-order valence-electron chi connectivity index (χ3n) is 5.29. The summed E-state index contributed by atoms with van der Waals surface area (Å²) in [4.78, 5) is 29.9. The number of nitrogens with zero attached hydrogens (tertiary/aromatic N) is 1. The van der Waals surface area contributed by atoms with Crippen molar-refractivity contribution >= 4 is 5.91 Å². The van der Waals surface area contributed by atoms with Gasteiger partial charge in [0.15, 0.2) is 11.5 Å². The number of carbonyl (C=O) groups excluding carboxylic acids is 1. The molecule has 1 amide bonds. The van der Waals surface area contributed by atoms with Gasteiger partial charge in [0.2, 0.25) is 6.79 Å². The molecule has 8 nitrogen and oxygen atoms in total. The van der Waals surface area contributed by atoms with Gasteiger partial charge in [-0.2, -0.15) is 0 Å². The number of amides is 1. The second-order valence-corrected chi connectivity index (χ2v) is 7.33. The number of carbonyl (C=O) groups is 1. The van der Waals surface area contributed by atoms with E-state index >= 15 is 0 Å². The second kappa shape index (κ2) is 8.67. The van der Waals surface area contributed by atoms with E-state index in [9.17, 15) is 9.59 Å². The Morgan fingerprint density at radius 3 is 2.97 bits per heavy atom. The van der Waals surface area contributed by atoms with Crippen LogP contribution in [0.4, 0.5) is 0 Å². The van der Waals surface area contributed by atoms with Crippen LogP contribution in [-0.4, -0.2) is 48.9 Å². The van der Waals surface area contributed by atoms with Crippen LogP contribution in [0.5, 0.6) is 11.5 Å². The lowest BCUT2D eigenvalue weighted by Crippen LogP contribution is -2.39. The maximum Gasteiger partial charge on any atom is 0.261 e. The van der Waals surface area contributed by atoms with Gasteiger partial charge in [-0.1, -0.05) is 6.07 Å². The molecule has 1 saturated heterocycles. The Bertz CT molecular complexity index is 942. The van der Waals surface area contributed by atoms with Crippen LogP contribution in [-0.2, 0) is 17.8 Å². The van der Waals surface area contributed by atoms with Gasteiger partial charge in [-0.05, 0) is 49.2 Å². The summed E-state index contributed by atoms with van der Waals surface area (Å²) in [5.41, 5.74) is 1.38. The van der Waals surface area contributed by atoms with Gasteiger partial charge < -0.3 is 24.5 Å². The van der Waals surface area contributed by atoms with Crippen molar-refractivity contribution in [3.8, 4) is 11.5 Å². The summed E-state index contributed by atoms with van der Waals surface area (Å²) < 4.78 is 16.1. The number of rotatable bonds is 6. The minimum absolute atomic E-state index is 0.0999. The predicted octanol–water partition coefficient (Wildman–Crippen LogP) is 1.64. The molecule has 1 unspecified atom stereocenters. The maximum atomic E-state index is 12.4. The van der Waals surface area contributed by atoms with Crippen LogP contribution in [0.15, 0.2) is 35.1 Å². The van der Waals surface area contributed by atoms with Crippen LogP contribution < -0.4 is 20.3 Å². The molecular formula is C21H25N3O5. The summed E-state index contributed by atoms with van der Waals surface area (Å²) in [6.07, 6.45) is 2.37. The third kappa shape index (κ3) is 4.60. The van der Waals surface area contributed by atoms with Gasteiger partial charge in [0.05, 0.1) is 6.10 Å². The molecule has 29 heavy (non-hydrogen) atoms. The fraction of sp³-hybridized carbons (Fsp3) is 0.429. The molecule has 1 aromatic heterocycles. The van der Waals surface area contributed by atoms with E-state index in [1.807, 2.05) is 12.1 Å². The fourth-order valence-corrected chi connectivity index (χ4v) is 3.70. The largest absolute Gasteiger partial charge is 0.454 e. The third-order valence-corrected chi connectivity index (χ3v) is 5.29. The number of pyridine rings is 1. The van der Waals surface area contributed by atoms with Gasteiger partial charge >= 0.3 is 0 Å². The lowest BCUT2D eigenvalue weighted by molar-refractivity contribution is 0.0281. The zero-order chi connectivity index (χ0) is 20.2. The molecule has 0 spiro atoms. The minimum atomic E-state index is -0.409. The van der Waals surface area contributed by atoms with E-state index in [0.717, 1.165) is 37.2 Å². The lowest BCUT2D eigenvalue weighted by atomic mass is 10.1. The van der Waals surface area contributed by atoms with Crippen molar-refractivity contribution in [3.63, 3.8) is 0 Å². The number of aromatic nitrogens is 1. The van der Waals surface area contributed by atoms with Crippen molar-refractivity contribution in [1.82, 2.24) is 15.2 Å². The van der Waals surface area contributed by atoms with Crippen molar-refractivity contribution in [2.75, 3.05) is 27.0 Å². The van der Waals surface area contributed by atoms with Crippen molar-refractivity contribution < 1.29 is 19.0 Å². The molecule has 2 aliphatic heterocycles. The number of hydrogen-bond acceptors (Lipinski definition) is 6. The number of H-pyrrole nitrogens is 1. The van der Waals surface area contributed by atoms with Crippen molar-refractivity contribution in [1.29, 1.82) is 0 Å². The Labute approximate surface area is 168 Å². The zero-order valence-corrected chi connectivity index (χ0v) is 16.4. The van der Waals surface area contributed by atoms with Gasteiger partial charge in [0.25, 0.3) is 11.5 Å². The first-order valence-electron chi connectivity index (χ1n) is 9.76. The summed E-state index contributed by atoms with van der Waals surface area (Å²) in [5, 5.41) is 2.78. The van der Waals surface area contributed by atoms with E-state index in [1.54, 1.807) is 25.3 Å². The highest BCUT2D eigenvalue weighted by Crippen LogP contribution is 2.32. The molecule has 0 bridgehead atoms. The smallest absolute Gasteiger partial charge is 0.261 e. The highest BCUT2D eigenvalue weighted by atomic mass is 16.7. The standard InChI is InChI=1S/C21H25N3O5/c1-27-16-3-2-8-24(12-16)11-15-5-6-17(21(26)23-15)20(25)22-10-14-4-7-18-19(9-14)29-13-28-18/h4-7,9,16H,2-3,8,10-13H2,1H3,(H,22,25)(H,23,26). The van der Waals surface area contributed by atoms with Crippen LogP contribution in [0, 0.1) is 0 Å². The normalized spacial score (nSPS) is 18.6. The number of piperidine rings is 1. The number of ether oxygens (including phenoxy) is 3. The quantitative estimate of drug-likeness (QED) is 0.767. The topological polar surface area (TPSA) is 92.9 Å². The first-order valence-corrected chi connectivity index (χ1v) is 9.76. The minimum Gasteiger partial charge on any atom is -0.454 e. The van der Waals surface area contributed by atoms with Gasteiger partial charge in [-0.15, -0.1) is 0 Å². The molecule has 2 N–H and O–H groups in total. The van der Waals surface area contributed by atoms with Gasteiger partial charge in [-0.25, -0.2) is 0 Å².